The summed E-state index contributed by atoms with van der Waals surface area (Å²) in [6.45, 7) is 7.80. The summed E-state index contributed by atoms with van der Waals surface area (Å²) >= 11 is 0. The Morgan fingerprint density at radius 2 is 1.48 bits per heavy atom. The smallest absolute Gasteiger partial charge is 0.407 e. The lowest BCUT2D eigenvalue weighted by Gasteiger charge is -2.16. The number of alkyl carbamates (subject to hydrolysis) is 1. The van der Waals surface area contributed by atoms with E-state index < -0.39 is 8.07 Å². The van der Waals surface area contributed by atoms with E-state index in [1.165, 1.54) is 27.4 Å². The highest BCUT2D eigenvalue weighted by Gasteiger charge is 2.28. The number of fused-ring (bicyclic) bond motifs is 3. The zero-order valence-electron chi connectivity index (χ0n) is 18.4. The van der Waals surface area contributed by atoms with Gasteiger partial charge >= 0.3 is 6.09 Å². The number of hydrogen-bond donors (Lipinski definition) is 1. The first-order valence-corrected chi connectivity index (χ1v) is 14.3. The van der Waals surface area contributed by atoms with Gasteiger partial charge in [-0.1, -0.05) is 110 Å². The monoisotopic (exact) mass is 427 g/mol. The van der Waals surface area contributed by atoms with Gasteiger partial charge in [-0.25, -0.2) is 4.79 Å². The van der Waals surface area contributed by atoms with Crippen LogP contribution in [0.2, 0.25) is 19.6 Å². The summed E-state index contributed by atoms with van der Waals surface area (Å²) in [6, 6.07) is 25.4. The van der Waals surface area contributed by atoms with Crippen LogP contribution in [-0.2, 0) is 4.74 Å². The lowest BCUT2D eigenvalue weighted by molar-refractivity contribution is 0.144. The van der Waals surface area contributed by atoms with Crippen molar-refractivity contribution in [2.24, 2.45) is 0 Å². The Kier molecular flexibility index (Phi) is 6.10. The van der Waals surface area contributed by atoms with Gasteiger partial charge in [-0.05, 0) is 27.8 Å². The van der Waals surface area contributed by atoms with Gasteiger partial charge in [-0.3, -0.25) is 0 Å². The van der Waals surface area contributed by atoms with Gasteiger partial charge in [0.15, 0.2) is 0 Å². The van der Waals surface area contributed by atoms with Crippen LogP contribution >= 0.6 is 0 Å². The van der Waals surface area contributed by atoms with Crippen molar-refractivity contribution < 1.29 is 9.53 Å². The predicted molar refractivity (Wildman–Crippen MR) is 132 cm³/mol. The lowest BCUT2D eigenvalue weighted by atomic mass is 9.98. The van der Waals surface area contributed by atoms with Crippen molar-refractivity contribution >= 4 is 25.4 Å². The third-order valence-corrected chi connectivity index (χ3v) is 7.86. The molecule has 1 aliphatic carbocycles. The zero-order chi connectivity index (χ0) is 21.8. The van der Waals surface area contributed by atoms with E-state index in [1.807, 2.05) is 24.3 Å². The average Bonchev–Trinajstić information content (AvgIpc) is 3.09. The van der Waals surface area contributed by atoms with Crippen LogP contribution in [0.4, 0.5) is 4.79 Å². The van der Waals surface area contributed by atoms with Gasteiger partial charge < -0.3 is 10.1 Å². The summed E-state index contributed by atoms with van der Waals surface area (Å²) in [5.74, 6) is 0.0820. The topological polar surface area (TPSA) is 38.3 Å². The Morgan fingerprint density at radius 3 is 2.06 bits per heavy atom. The van der Waals surface area contributed by atoms with E-state index in [0.29, 0.717) is 13.2 Å². The summed E-state index contributed by atoms with van der Waals surface area (Å²) in [6.07, 6.45) is 3.59. The number of hydrogen-bond acceptors (Lipinski definition) is 2. The molecule has 0 fully saturated rings. The van der Waals surface area contributed by atoms with Crippen LogP contribution in [0.3, 0.4) is 0 Å². The molecule has 3 aromatic rings. The summed E-state index contributed by atoms with van der Waals surface area (Å²) in [7, 11) is -1.27. The molecule has 1 N–H and O–H groups in total. The second-order valence-electron chi connectivity index (χ2n) is 8.98. The Morgan fingerprint density at radius 1 is 0.903 bits per heavy atom. The molecule has 4 heteroatoms. The molecule has 1 aliphatic rings. The molecule has 0 saturated heterocycles. The number of amides is 1. The van der Waals surface area contributed by atoms with Crippen LogP contribution in [0.15, 0.2) is 78.9 Å². The highest BCUT2D eigenvalue weighted by molar-refractivity contribution is 6.88. The molecule has 0 spiro atoms. The van der Waals surface area contributed by atoms with Crippen molar-refractivity contribution in [2.45, 2.75) is 25.6 Å². The normalized spacial score (nSPS) is 13.1. The third kappa shape index (κ3) is 4.80. The molecule has 158 valence electrons. The van der Waals surface area contributed by atoms with E-state index in [1.54, 1.807) is 0 Å². The number of rotatable bonds is 6. The number of benzene rings is 3. The van der Waals surface area contributed by atoms with Gasteiger partial charge in [-0.15, -0.1) is 0 Å². The molecule has 0 saturated carbocycles. The minimum atomic E-state index is -1.27. The number of ether oxygens (including phenoxy) is 1. The van der Waals surface area contributed by atoms with Gasteiger partial charge in [0.25, 0.3) is 0 Å². The summed E-state index contributed by atoms with van der Waals surface area (Å²) < 4.78 is 5.57. The Balaban J connectivity index is 1.30. The van der Waals surface area contributed by atoms with Gasteiger partial charge in [0, 0.05) is 12.5 Å². The van der Waals surface area contributed by atoms with Crippen molar-refractivity contribution in [3.8, 4) is 11.1 Å². The quantitative estimate of drug-likeness (QED) is 0.506. The zero-order valence-corrected chi connectivity index (χ0v) is 19.4. The lowest BCUT2D eigenvalue weighted by Crippen LogP contribution is -2.37. The first kappa shape index (κ1) is 21.1. The molecule has 0 aliphatic heterocycles. The number of nitrogens with one attached hydrogen (secondary N) is 1. The van der Waals surface area contributed by atoms with Crippen molar-refractivity contribution in [1.29, 1.82) is 0 Å². The van der Waals surface area contributed by atoms with Crippen molar-refractivity contribution in [2.75, 3.05) is 13.2 Å². The molecular weight excluding hydrogens is 398 g/mol. The van der Waals surface area contributed by atoms with E-state index in [0.717, 1.165) is 5.56 Å². The van der Waals surface area contributed by atoms with Crippen LogP contribution < -0.4 is 10.5 Å². The molecule has 3 nitrogen and oxygen atoms in total. The molecule has 0 bridgehead atoms. The second kappa shape index (κ2) is 8.94. The Hall–Kier alpha value is -3.11. The van der Waals surface area contributed by atoms with E-state index >= 15 is 0 Å². The van der Waals surface area contributed by atoms with Crippen molar-refractivity contribution in [3.63, 3.8) is 0 Å². The number of carbonyl (C=O) groups is 1. The second-order valence-corrected chi connectivity index (χ2v) is 14.1. The number of carbonyl (C=O) groups excluding carboxylic acids is 1. The molecule has 0 heterocycles. The fourth-order valence-corrected chi connectivity index (χ4v) is 5.25. The maximum Gasteiger partial charge on any atom is 0.407 e. The minimum absolute atomic E-state index is 0.0820. The molecule has 4 rings (SSSR count). The molecule has 0 radical (unpaired) electrons. The van der Waals surface area contributed by atoms with Crippen LogP contribution in [0.25, 0.3) is 17.2 Å². The van der Waals surface area contributed by atoms with Crippen molar-refractivity contribution in [1.82, 2.24) is 5.32 Å². The maximum atomic E-state index is 12.2. The summed E-state index contributed by atoms with van der Waals surface area (Å²) in [5, 5.41) is 4.27. The van der Waals surface area contributed by atoms with E-state index in [-0.39, 0.29) is 12.0 Å². The third-order valence-electron chi connectivity index (χ3n) is 5.79. The molecule has 0 atom stereocenters. The van der Waals surface area contributed by atoms with Crippen LogP contribution in [-0.4, -0.2) is 27.3 Å². The standard InChI is InChI=1S/C27H29NO2Si/c1-31(2,3)21-16-14-20(15-17-21)9-8-18-28-27(29)30-19-26-24-12-6-4-10-22(24)23-11-5-7-13-25(23)26/h4-17,26H,18-19H2,1-3H3,(H,28,29). The fraction of sp³-hybridized carbons (Fsp3) is 0.222. The van der Waals surface area contributed by atoms with Crippen LogP contribution in [0.5, 0.6) is 0 Å². The van der Waals surface area contributed by atoms with Crippen LogP contribution in [0, 0.1) is 0 Å². The predicted octanol–water partition coefficient (Wildman–Crippen LogP) is 5.78. The first-order valence-electron chi connectivity index (χ1n) is 10.8. The minimum Gasteiger partial charge on any atom is -0.449 e. The van der Waals surface area contributed by atoms with E-state index in [4.69, 9.17) is 4.74 Å². The SMILES string of the molecule is C[Si](C)(C)c1ccc(C=CCNC(=O)OCC2c3ccccc3-c3ccccc32)cc1. The molecular formula is C27H29NO2Si. The summed E-state index contributed by atoms with van der Waals surface area (Å²) in [5.41, 5.74) is 6.04. The average molecular weight is 428 g/mol. The molecule has 0 unspecified atom stereocenters. The fourth-order valence-electron chi connectivity index (χ4n) is 4.08. The van der Waals surface area contributed by atoms with Crippen molar-refractivity contribution in [3.05, 3.63) is 95.6 Å². The van der Waals surface area contributed by atoms with Gasteiger partial charge in [0.05, 0.1) is 8.07 Å². The maximum absolute atomic E-state index is 12.2. The van der Waals surface area contributed by atoms with Gasteiger partial charge in [0.2, 0.25) is 0 Å². The van der Waals surface area contributed by atoms with Crippen LogP contribution in [0.1, 0.15) is 22.6 Å². The molecule has 31 heavy (non-hydrogen) atoms. The summed E-state index contributed by atoms with van der Waals surface area (Å²) in [4.78, 5) is 12.2. The molecule has 0 aromatic heterocycles. The largest absolute Gasteiger partial charge is 0.449 e. The Labute approximate surface area is 185 Å². The molecule has 1 amide bonds. The first-order chi connectivity index (χ1) is 14.9. The Bertz CT molecular complexity index is 1050. The molecule has 3 aromatic carbocycles. The van der Waals surface area contributed by atoms with Gasteiger partial charge in [0.1, 0.15) is 6.61 Å². The highest BCUT2D eigenvalue weighted by Crippen LogP contribution is 2.44. The highest BCUT2D eigenvalue weighted by atomic mass is 28.3. The van der Waals surface area contributed by atoms with Gasteiger partial charge in [-0.2, -0.15) is 0 Å². The van der Waals surface area contributed by atoms with E-state index in [9.17, 15) is 4.79 Å². The van der Waals surface area contributed by atoms with E-state index in [2.05, 4.69) is 85.6 Å².